The number of carboxylic acid groups (broad SMARTS) is 1. The van der Waals surface area contributed by atoms with Crippen LogP contribution in [0.1, 0.15) is 46.0 Å². The molecule has 1 aliphatic carbocycles. The van der Waals surface area contributed by atoms with Crippen molar-refractivity contribution < 1.29 is 19.9 Å². The molecule has 1 atom stereocenters. The molecule has 0 spiro atoms. The highest BCUT2D eigenvalue weighted by Crippen LogP contribution is 2.38. The van der Waals surface area contributed by atoms with E-state index in [1.165, 1.54) is 0 Å². The third-order valence-corrected chi connectivity index (χ3v) is 4.38. The van der Waals surface area contributed by atoms with Crippen LogP contribution < -0.4 is 11.1 Å². The van der Waals surface area contributed by atoms with Crippen molar-refractivity contribution in [2.75, 3.05) is 6.54 Å². The van der Waals surface area contributed by atoms with E-state index >= 15 is 0 Å². The van der Waals surface area contributed by atoms with Gasteiger partial charge in [-0.3, -0.25) is 4.79 Å². The van der Waals surface area contributed by atoms with Gasteiger partial charge in [-0.25, -0.2) is 0 Å². The number of nitrogens with one attached hydrogen (secondary N) is 1. The van der Waals surface area contributed by atoms with Crippen molar-refractivity contribution in [3.05, 3.63) is 0 Å². The van der Waals surface area contributed by atoms with Gasteiger partial charge in [0.2, 0.25) is 0 Å². The van der Waals surface area contributed by atoms with Gasteiger partial charge in [-0.15, -0.1) is 24.8 Å². The molecule has 0 bridgehead atoms. The topological polar surface area (TPSA) is 116 Å². The van der Waals surface area contributed by atoms with Gasteiger partial charge in [0.1, 0.15) is 5.54 Å². The molecule has 6 nitrogen and oxygen atoms in total. The number of halogens is 2. The Hall–Kier alpha value is -0.0451. The lowest BCUT2D eigenvalue weighted by Gasteiger charge is -2.45. The van der Waals surface area contributed by atoms with Gasteiger partial charge in [-0.1, -0.05) is 26.7 Å². The molecular weight excluding hydrogens is 342 g/mol. The Morgan fingerprint density at radius 2 is 1.87 bits per heavy atom. The number of carbonyl (C=O) groups is 1. The van der Waals surface area contributed by atoms with Gasteiger partial charge in [0.05, 0.1) is 0 Å². The average Bonchev–Trinajstić information content (AvgIpc) is 2.31. The number of unbranched alkanes of at least 4 members (excludes halogenated alkanes) is 1. The molecule has 1 aliphatic rings. The van der Waals surface area contributed by atoms with E-state index in [1.54, 1.807) is 0 Å². The molecule has 1 rings (SSSR count). The first-order chi connectivity index (χ1) is 9.75. The molecule has 1 fully saturated rings. The molecule has 23 heavy (non-hydrogen) atoms. The Balaban J connectivity index is 0. The highest BCUT2D eigenvalue weighted by atomic mass is 35.5. The molecular formula is C14H31BCl2N2O4. The Labute approximate surface area is 151 Å². The lowest BCUT2D eigenvalue weighted by Crippen LogP contribution is -2.61. The SMILES string of the molecule is CC(C)CNC1CC(C(N)(CCCCB(O)O)C(=O)O)C1.Cl.Cl. The second-order valence-corrected chi connectivity index (χ2v) is 6.74. The van der Waals surface area contributed by atoms with Crippen LogP contribution in [0.5, 0.6) is 0 Å². The third-order valence-electron chi connectivity index (χ3n) is 4.38. The van der Waals surface area contributed by atoms with Gasteiger partial charge in [0.15, 0.2) is 0 Å². The second-order valence-electron chi connectivity index (χ2n) is 6.74. The maximum atomic E-state index is 11.5. The minimum atomic E-state index is -1.32. The van der Waals surface area contributed by atoms with E-state index in [9.17, 15) is 9.90 Å². The van der Waals surface area contributed by atoms with Crippen molar-refractivity contribution >= 4 is 37.9 Å². The van der Waals surface area contributed by atoms with Crippen LogP contribution in [0.4, 0.5) is 0 Å². The summed E-state index contributed by atoms with van der Waals surface area (Å²) in [6, 6.07) is 0.374. The first-order valence-electron chi connectivity index (χ1n) is 7.87. The molecule has 0 aromatic carbocycles. The Morgan fingerprint density at radius 1 is 1.30 bits per heavy atom. The average molecular weight is 373 g/mol. The van der Waals surface area contributed by atoms with Crippen LogP contribution >= 0.6 is 24.8 Å². The van der Waals surface area contributed by atoms with E-state index in [-0.39, 0.29) is 37.1 Å². The van der Waals surface area contributed by atoms with Crippen molar-refractivity contribution in [3.63, 3.8) is 0 Å². The molecule has 0 heterocycles. The molecule has 0 aromatic rings. The fraction of sp³-hybridized carbons (Fsp3) is 0.929. The normalized spacial score (nSPS) is 22.3. The molecule has 0 saturated heterocycles. The first-order valence-corrected chi connectivity index (χ1v) is 7.87. The lowest BCUT2D eigenvalue weighted by molar-refractivity contribution is -0.148. The van der Waals surface area contributed by atoms with E-state index < -0.39 is 18.6 Å². The molecule has 9 heteroatoms. The predicted molar refractivity (Wildman–Crippen MR) is 97.3 cm³/mol. The van der Waals surface area contributed by atoms with E-state index in [1.807, 2.05) is 0 Å². The smallest absolute Gasteiger partial charge is 0.451 e. The quantitative estimate of drug-likeness (QED) is 0.291. The van der Waals surface area contributed by atoms with Crippen molar-refractivity contribution in [3.8, 4) is 0 Å². The highest BCUT2D eigenvalue weighted by Gasteiger charge is 2.47. The highest BCUT2D eigenvalue weighted by molar-refractivity contribution is 6.40. The zero-order valence-corrected chi connectivity index (χ0v) is 15.5. The minimum absolute atomic E-state index is 0. The lowest BCUT2D eigenvalue weighted by atomic mass is 9.66. The molecule has 0 radical (unpaired) electrons. The summed E-state index contributed by atoms with van der Waals surface area (Å²) < 4.78 is 0. The van der Waals surface area contributed by atoms with Gasteiger partial charge in [-0.05, 0) is 44.0 Å². The standard InChI is InChI=1S/C14H29BN2O4.2ClH/c1-10(2)9-17-12-7-11(8-12)14(16,13(18)19)5-3-4-6-15(20)21;;/h10-12,17,20-21H,3-9,16H2,1-2H3,(H,18,19);2*1H. The van der Waals surface area contributed by atoms with Crippen LogP contribution in [-0.2, 0) is 4.79 Å². The summed E-state index contributed by atoms with van der Waals surface area (Å²) in [6.45, 7) is 5.23. The number of nitrogens with two attached hydrogens (primary N) is 1. The Bertz CT molecular complexity index is 345. The summed E-state index contributed by atoms with van der Waals surface area (Å²) in [6.07, 6.45) is 3.43. The van der Waals surface area contributed by atoms with Crippen molar-refractivity contribution in [1.29, 1.82) is 0 Å². The molecule has 0 aliphatic heterocycles. The summed E-state index contributed by atoms with van der Waals surface area (Å²) in [4.78, 5) is 11.5. The molecule has 1 saturated carbocycles. The Kier molecular flexibility index (Phi) is 12.6. The van der Waals surface area contributed by atoms with Gasteiger partial charge in [0, 0.05) is 6.04 Å². The molecule has 6 N–H and O–H groups in total. The molecule has 138 valence electrons. The maximum Gasteiger partial charge on any atom is 0.451 e. The molecule has 1 unspecified atom stereocenters. The summed E-state index contributed by atoms with van der Waals surface area (Å²) in [5, 5.41) is 30.5. The van der Waals surface area contributed by atoms with Crippen molar-refractivity contribution in [2.45, 2.75) is 63.9 Å². The zero-order chi connectivity index (χ0) is 16.0. The number of rotatable bonds is 10. The van der Waals surface area contributed by atoms with Crippen LogP contribution in [0.15, 0.2) is 0 Å². The summed E-state index contributed by atoms with van der Waals surface area (Å²) in [5.74, 6) is -0.367. The van der Waals surface area contributed by atoms with Crippen molar-refractivity contribution in [2.24, 2.45) is 17.6 Å². The summed E-state index contributed by atoms with van der Waals surface area (Å²) >= 11 is 0. The second kappa shape index (κ2) is 11.5. The fourth-order valence-electron chi connectivity index (χ4n) is 2.84. The maximum absolute atomic E-state index is 11.5. The summed E-state index contributed by atoms with van der Waals surface area (Å²) in [5.41, 5.74) is 4.94. The molecule has 0 aromatic heterocycles. The van der Waals surface area contributed by atoms with E-state index in [2.05, 4.69) is 19.2 Å². The van der Waals surface area contributed by atoms with Crippen LogP contribution in [0.25, 0.3) is 0 Å². The van der Waals surface area contributed by atoms with Gasteiger partial charge in [0.25, 0.3) is 0 Å². The minimum Gasteiger partial charge on any atom is -0.480 e. The fourth-order valence-corrected chi connectivity index (χ4v) is 2.84. The van der Waals surface area contributed by atoms with Gasteiger partial charge < -0.3 is 26.2 Å². The monoisotopic (exact) mass is 372 g/mol. The van der Waals surface area contributed by atoms with Crippen molar-refractivity contribution in [1.82, 2.24) is 5.32 Å². The number of aliphatic carboxylic acids is 1. The van der Waals surface area contributed by atoms with Crippen LogP contribution in [-0.4, -0.2) is 46.4 Å². The van der Waals surface area contributed by atoms with Gasteiger partial charge in [-0.2, -0.15) is 0 Å². The number of carboxylic acids is 1. The van der Waals surface area contributed by atoms with E-state index in [4.69, 9.17) is 15.8 Å². The molecule has 0 amide bonds. The van der Waals surface area contributed by atoms with Crippen LogP contribution in [0.2, 0.25) is 6.32 Å². The van der Waals surface area contributed by atoms with Crippen LogP contribution in [0, 0.1) is 11.8 Å². The third kappa shape index (κ3) is 8.05. The predicted octanol–water partition coefficient (Wildman–Crippen LogP) is 1.28. The van der Waals surface area contributed by atoms with Crippen LogP contribution in [0.3, 0.4) is 0 Å². The van der Waals surface area contributed by atoms with E-state index in [0.29, 0.717) is 31.2 Å². The zero-order valence-electron chi connectivity index (χ0n) is 13.9. The van der Waals surface area contributed by atoms with Gasteiger partial charge >= 0.3 is 13.1 Å². The Morgan fingerprint density at radius 3 is 2.30 bits per heavy atom. The van der Waals surface area contributed by atoms with E-state index in [0.717, 1.165) is 19.4 Å². The number of hydrogen-bond acceptors (Lipinski definition) is 5. The largest absolute Gasteiger partial charge is 0.480 e. The summed E-state index contributed by atoms with van der Waals surface area (Å²) in [7, 11) is -1.32. The number of hydrogen-bond donors (Lipinski definition) is 5. The first kappa shape index (κ1) is 25.2.